The number of piperazine rings is 1. The smallest absolute Gasteiger partial charge is 0.254 e. The molecule has 0 spiro atoms. The first-order valence-electron chi connectivity index (χ1n) is 11.4. The van der Waals surface area contributed by atoms with E-state index < -0.39 is 0 Å². The van der Waals surface area contributed by atoms with Crippen LogP contribution in [0, 0.1) is 13.8 Å². The first kappa shape index (κ1) is 21.7. The van der Waals surface area contributed by atoms with Gasteiger partial charge < -0.3 is 9.80 Å². The van der Waals surface area contributed by atoms with Gasteiger partial charge in [-0.05, 0) is 32.8 Å². The van der Waals surface area contributed by atoms with E-state index >= 15 is 0 Å². The predicted octanol–water partition coefficient (Wildman–Crippen LogP) is 2.13. The zero-order chi connectivity index (χ0) is 22.1. The SMILES string of the molecule is Cc1cc(C(=O)N2CCN(CC(=O)N(C)C3CCCCC3)CC2)c2c(C)nn(C)c2n1. The van der Waals surface area contributed by atoms with E-state index in [0.717, 1.165) is 48.4 Å². The number of aromatic nitrogens is 3. The van der Waals surface area contributed by atoms with Gasteiger partial charge >= 0.3 is 0 Å². The van der Waals surface area contributed by atoms with Crippen molar-refractivity contribution < 1.29 is 9.59 Å². The molecule has 3 heterocycles. The van der Waals surface area contributed by atoms with Crippen LogP contribution in [-0.2, 0) is 11.8 Å². The fraction of sp³-hybridized carbons (Fsp3) is 0.652. The van der Waals surface area contributed by atoms with Gasteiger partial charge in [-0.3, -0.25) is 19.2 Å². The number of carbonyl (C=O) groups excluding carboxylic acids is 2. The fourth-order valence-corrected chi connectivity index (χ4v) is 4.99. The second-order valence-corrected chi connectivity index (χ2v) is 9.08. The summed E-state index contributed by atoms with van der Waals surface area (Å²) in [4.78, 5) is 36.7. The molecule has 0 N–H and O–H groups in total. The molecule has 0 atom stereocenters. The van der Waals surface area contributed by atoms with Crippen molar-refractivity contribution >= 4 is 22.8 Å². The minimum atomic E-state index is 0.0249. The summed E-state index contributed by atoms with van der Waals surface area (Å²) in [6, 6.07) is 2.26. The number of amides is 2. The molecular formula is C23H34N6O2. The molecule has 1 saturated carbocycles. The van der Waals surface area contributed by atoms with Gasteiger partial charge in [0.25, 0.3) is 5.91 Å². The number of nitrogens with zero attached hydrogens (tertiary/aromatic N) is 6. The summed E-state index contributed by atoms with van der Waals surface area (Å²) in [6.45, 7) is 6.95. The molecule has 2 aromatic heterocycles. The van der Waals surface area contributed by atoms with Gasteiger partial charge in [0, 0.05) is 52.0 Å². The Morgan fingerprint density at radius 1 is 1.10 bits per heavy atom. The summed E-state index contributed by atoms with van der Waals surface area (Å²) >= 11 is 0. The third-order valence-electron chi connectivity index (χ3n) is 6.86. The Morgan fingerprint density at radius 2 is 1.77 bits per heavy atom. The second kappa shape index (κ2) is 8.94. The molecule has 8 heteroatoms. The van der Waals surface area contributed by atoms with Crippen LogP contribution in [0.4, 0.5) is 0 Å². The number of likely N-dealkylation sites (N-methyl/N-ethyl adjacent to an activating group) is 1. The van der Waals surface area contributed by atoms with Gasteiger partial charge in [0.1, 0.15) is 0 Å². The average Bonchev–Trinajstić information content (AvgIpc) is 3.06. The molecule has 168 valence electrons. The van der Waals surface area contributed by atoms with E-state index in [1.54, 1.807) is 4.68 Å². The highest BCUT2D eigenvalue weighted by Gasteiger charge is 2.28. The van der Waals surface area contributed by atoms with Crippen LogP contribution in [-0.4, -0.2) is 87.1 Å². The molecule has 0 bridgehead atoms. The summed E-state index contributed by atoms with van der Waals surface area (Å²) in [5.41, 5.74) is 3.06. The van der Waals surface area contributed by atoms with Gasteiger partial charge in [-0.25, -0.2) is 4.98 Å². The van der Waals surface area contributed by atoms with Gasteiger partial charge in [0.2, 0.25) is 5.91 Å². The first-order valence-corrected chi connectivity index (χ1v) is 11.4. The van der Waals surface area contributed by atoms with E-state index in [1.165, 1.54) is 19.3 Å². The lowest BCUT2D eigenvalue weighted by Gasteiger charge is -2.37. The lowest BCUT2D eigenvalue weighted by molar-refractivity contribution is -0.134. The number of aryl methyl sites for hydroxylation is 3. The Labute approximate surface area is 184 Å². The maximum atomic E-state index is 13.3. The Bertz CT molecular complexity index is 970. The van der Waals surface area contributed by atoms with Crippen molar-refractivity contribution in [3.8, 4) is 0 Å². The van der Waals surface area contributed by atoms with Crippen LogP contribution < -0.4 is 0 Å². The van der Waals surface area contributed by atoms with E-state index in [2.05, 4.69) is 15.0 Å². The van der Waals surface area contributed by atoms with Crippen LogP contribution in [0.1, 0.15) is 53.8 Å². The van der Waals surface area contributed by atoms with Crippen molar-refractivity contribution in [2.75, 3.05) is 39.8 Å². The predicted molar refractivity (Wildman–Crippen MR) is 120 cm³/mol. The van der Waals surface area contributed by atoms with Crippen molar-refractivity contribution in [1.29, 1.82) is 0 Å². The largest absolute Gasteiger partial charge is 0.342 e. The molecule has 2 amide bonds. The first-order chi connectivity index (χ1) is 14.8. The molecule has 4 rings (SSSR count). The summed E-state index contributed by atoms with van der Waals surface area (Å²) in [5.74, 6) is 0.223. The van der Waals surface area contributed by atoms with E-state index in [4.69, 9.17) is 0 Å². The monoisotopic (exact) mass is 426 g/mol. The minimum absolute atomic E-state index is 0.0249. The maximum Gasteiger partial charge on any atom is 0.254 e. The maximum absolute atomic E-state index is 13.3. The summed E-state index contributed by atoms with van der Waals surface area (Å²) in [5, 5.41) is 5.29. The molecule has 1 aliphatic heterocycles. The molecule has 1 saturated heterocycles. The van der Waals surface area contributed by atoms with E-state index in [9.17, 15) is 9.59 Å². The average molecular weight is 427 g/mol. The molecule has 0 radical (unpaired) electrons. The highest BCUT2D eigenvalue weighted by molar-refractivity contribution is 6.06. The fourth-order valence-electron chi connectivity index (χ4n) is 4.99. The Balaban J connectivity index is 1.38. The third-order valence-corrected chi connectivity index (χ3v) is 6.86. The summed E-state index contributed by atoms with van der Waals surface area (Å²) in [7, 11) is 3.81. The topological polar surface area (TPSA) is 74.6 Å². The van der Waals surface area contributed by atoms with E-state index in [0.29, 0.717) is 31.2 Å². The zero-order valence-electron chi connectivity index (χ0n) is 19.2. The number of hydrogen-bond donors (Lipinski definition) is 0. The third kappa shape index (κ3) is 4.44. The normalized spacial score (nSPS) is 18.5. The second-order valence-electron chi connectivity index (χ2n) is 9.08. The van der Waals surface area contributed by atoms with Crippen molar-refractivity contribution in [2.45, 2.75) is 52.0 Å². The highest BCUT2D eigenvalue weighted by Crippen LogP contribution is 2.24. The molecule has 0 unspecified atom stereocenters. The summed E-state index contributed by atoms with van der Waals surface area (Å²) in [6.07, 6.45) is 5.98. The molecular weight excluding hydrogens is 392 g/mol. The minimum Gasteiger partial charge on any atom is -0.342 e. The molecule has 8 nitrogen and oxygen atoms in total. The van der Waals surface area contributed by atoms with Crippen molar-refractivity contribution in [1.82, 2.24) is 29.5 Å². The highest BCUT2D eigenvalue weighted by atomic mass is 16.2. The Kier molecular flexibility index (Phi) is 6.27. The van der Waals surface area contributed by atoms with Crippen molar-refractivity contribution in [2.24, 2.45) is 7.05 Å². The van der Waals surface area contributed by atoms with Gasteiger partial charge in [0.15, 0.2) is 5.65 Å². The zero-order valence-corrected chi connectivity index (χ0v) is 19.2. The molecule has 31 heavy (non-hydrogen) atoms. The van der Waals surface area contributed by atoms with Gasteiger partial charge in [-0.2, -0.15) is 5.10 Å². The van der Waals surface area contributed by atoms with Crippen LogP contribution in [0.25, 0.3) is 11.0 Å². The number of carbonyl (C=O) groups is 2. The van der Waals surface area contributed by atoms with Crippen LogP contribution in [0.5, 0.6) is 0 Å². The lowest BCUT2D eigenvalue weighted by atomic mass is 9.94. The van der Waals surface area contributed by atoms with E-state index in [-0.39, 0.29) is 11.8 Å². The molecule has 2 aromatic rings. The van der Waals surface area contributed by atoms with Gasteiger partial charge in [-0.1, -0.05) is 19.3 Å². The Hall–Kier alpha value is -2.48. The summed E-state index contributed by atoms with van der Waals surface area (Å²) < 4.78 is 1.74. The molecule has 0 aromatic carbocycles. The molecule has 2 fully saturated rings. The van der Waals surface area contributed by atoms with Crippen molar-refractivity contribution in [3.05, 3.63) is 23.0 Å². The quantitative estimate of drug-likeness (QED) is 0.749. The number of hydrogen-bond acceptors (Lipinski definition) is 5. The van der Waals surface area contributed by atoms with Crippen LogP contribution >= 0.6 is 0 Å². The van der Waals surface area contributed by atoms with Gasteiger partial charge in [-0.15, -0.1) is 0 Å². The molecule has 2 aliphatic rings. The van der Waals surface area contributed by atoms with Crippen LogP contribution in [0.3, 0.4) is 0 Å². The van der Waals surface area contributed by atoms with Gasteiger partial charge in [0.05, 0.1) is 23.2 Å². The number of fused-ring (bicyclic) bond motifs is 1. The van der Waals surface area contributed by atoms with Crippen LogP contribution in [0.15, 0.2) is 6.07 Å². The standard InChI is InChI=1S/C23H34N6O2/c1-16-14-19(21-17(2)25-27(4)22(21)24-16)23(31)29-12-10-28(11-13-29)15-20(30)26(3)18-8-6-5-7-9-18/h14,18H,5-13,15H2,1-4H3. The lowest BCUT2D eigenvalue weighted by Crippen LogP contribution is -2.52. The molecule has 1 aliphatic carbocycles. The van der Waals surface area contributed by atoms with Crippen LogP contribution in [0.2, 0.25) is 0 Å². The number of rotatable bonds is 4. The van der Waals surface area contributed by atoms with E-state index in [1.807, 2.05) is 43.8 Å². The van der Waals surface area contributed by atoms with Crippen molar-refractivity contribution in [3.63, 3.8) is 0 Å². The Morgan fingerprint density at radius 3 is 2.45 bits per heavy atom. The number of pyridine rings is 1.